The molecule has 3 aromatic rings. The van der Waals surface area contributed by atoms with Crippen LogP contribution in [0.4, 0.5) is 4.39 Å². The summed E-state index contributed by atoms with van der Waals surface area (Å²) in [5.74, 6) is -0.885. The van der Waals surface area contributed by atoms with Gasteiger partial charge >= 0.3 is 0 Å². The summed E-state index contributed by atoms with van der Waals surface area (Å²) >= 11 is 12.1. The molecule has 1 amide bonds. The van der Waals surface area contributed by atoms with Crippen LogP contribution in [0, 0.1) is 5.82 Å². The Hall–Kier alpha value is -2.45. The van der Waals surface area contributed by atoms with Crippen LogP contribution in [0.2, 0.25) is 10.0 Å². The third-order valence-corrected chi connectivity index (χ3v) is 6.91. The molecule has 0 aromatic heterocycles. The van der Waals surface area contributed by atoms with Gasteiger partial charge in [-0.2, -0.15) is 4.31 Å². The van der Waals surface area contributed by atoms with E-state index >= 15 is 0 Å². The summed E-state index contributed by atoms with van der Waals surface area (Å²) in [6.45, 7) is -0.369. The number of halogens is 3. The molecule has 9 heteroatoms. The fourth-order valence-corrected chi connectivity index (χ4v) is 4.51. The summed E-state index contributed by atoms with van der Waals surface area (Å²) < 4.78 is 40.5. The Bertz CT molecular complexity index is 1150. The Morgan fingerprint density at radius 2 is 1.58 bits per heavy atom. The first-order valence-electron chi connectivity index (χ1n) is 9.26. The van der Waals surface area contributed by atoms with Gasteiger partial charge in [-0.3, -0.25) is 4.79 Å². The van der Waals surface area contributed by atoms with E-state index < -0.39 is 22.5 Å². The molecule has 0 aliphatic rings. The second-order valence-corrected chi connectivity index (χ2v) is 9.50. The lowest BCUT2D eigenvalue weighted by atomic mass is 10.2. The predicted molar refractivity (Wildman–Crippen MR) is 119 cm³/mol. The van der Waals surface area contributed by atoms with Gasteiger partial charge in [0.2, 0.25) is 15.9 Å². The molecule has 31 heavy (non-hydrogen) atoms. The molecule has 0 spiro atoms. The number of carbonyl (C=O) groups excluding carboxylic acids is 1. The molecule has 1 N–H and O–H groups in total. The SMILES string of the molecule is O=C(CN(Cc1ccccc1Cl)S(=O)(=O)c1ccc(Cl)cc1)NCc1ccc(F)cc1. The van der Waals surface area contributed by atoms with Gasteiger partial charge in [-0.05, 0) is 53.6 Å². The molecule has 162 valence electrons. The molecule has 5 nitrogen and oxygen atoms in total. The van der Waals surface area contributed by atoms with Crippen molar-refractivity contribution in [2.45, 2.75) is 18.0 Å². The third kappa shape index (κ3) is 6.27. The number of nitrogens with zero attached hydrogens (tertiary/aromatic N) is 1. The van der Waals surface area contributed by atoms with E-state index in [0.29, 0.717) is 21.2 Å². The van der Waals surface area contributed by atoms with Crippen molar-refractivity contribution in [1.29, 1.82) is 0 Å². The van der Waals surface area contributed by atoms with E-state index in [2.05, 4.69) is 5.32 Å². The maximum absolute atomic E-state index is 13.2. The lowest BCUT2D eigenvalue weighted by Crippen LogP contribution is -2.40. The fraction of sp³-hybridized carbons (Fsp3) is 0.136. The first kappa shape index (κ1) is 23.2. The Kier molecular flexibility index (Phi) is 7.67. The van der Waals surface area contributed by atoms with Gasteiger partial charge in [-0.1, -0.05) is 53.5 Å². The van der Waals surface area contributed by atoms with Gasteiger partial charge in [0, 0.05) is 23.1 Å². The molecule has 0 aliphatic heterocycles. The van der Waals surface area contributed by atoms with Crippen molar-refractivity contribution < 1.29 is 17.6 Å². The van der Waals surface area contributed by atoms with Gasteiger partial charge in [0.05, 0.1) is 11.4 Å². The minimum atomic E-state index is -4.01. The molecule has 0 fully saturated rings. The number of sulfonamides is 1. The molecule has 0 radical (unpaired) electrons. The average Bonchev–Trinajstić information content (AvgIpc) is 2.74. The summed E-state index contributed by atoms with van der Waals surface area (Å²) in [5, 5.41) is 3.45. The monoisotopic (exact) mass is 480 g/mol. The second kappa shape index (κ2) is 10.2. The Morgan fingerprint density at radius 3 is 2.23 bits per heavy atom. The van der Waals surface area contributed by atoms with Gasteiger partial charge < -0.3 is 5.32 Å². The lowest BCUT2D eigenvalue weighted by Gasteiger charge is -2.22. The van der Waals surface area contributed by atoms with Crippen LogP contribution in [-0.4, -0.2) is 25.2 Å². The van der Waals surface area contributed by atoms with Crippen LogP contribution >= 0.6 is 23.2 Å². The molecule has 0 unspecified atom stereocenters. The molecule has 3 rings (SSSR count). The Balaban J connectivity index is 1.81. The molecular formula is C22H19Cl2FN2O3S. The molecule has 3 aromatic carbocycles. The van der Waals surface area contributed by atoms with Crippen molar-refractivity contribution in [3.8, 4) is 0 Å². The fourth-order valence-electron chi connectivity index (χ4n) is 2.82. The number of benzene rings is 3. The second-order valence-electron chi connectivity index (χ2n) is 6.72. The van der Waals surface area contributed by atoms with Gasteiger partial charge in [-0.25, -0.2) is 12.8 Å². The normalized spacial score (nSPS) is 11.5. The van der Waals surface area contributed by atoms with E-state index in [1.165, 1.54) is 36.4 Å². The summed E-state index contributed by atoms with van der Waals surface area (Å²) in [6.07, 6.45) is 0. The zero-order chi connectivity index (χ0) is 22.4. The third-order valence-electron chi connectivity index (χ3n) is 4.48. The van der Waals surface area contributed by atoms with E-state index in [1.807, 2.05) is 0 Å². The van der Waals surface area contributed by atoms with Crippen LogP contribution in [0.1, 0.15) is 11.1 Å². The summed E-state index contributed by atoms with van der Waals surface area (Å²) in [6, 6.07) is 18.2. The Morgan fingerprint density at radius 1 is 0.935 bits per heavy atom. The van der Waals surface area contributed by atoms with Crippen molar-refractivity contribution in [1.82, 2.24) is 9.62 Å². The van der Waals surface area contributed by atoms with Crippen LogP contribution in [0.5, 0.6) is 0 Å². The molecule has 0 aliphatic carbocycles. The van der Waals surface area contributed by atoms with Crippen molar-refractivity contribution >= 4 is 39.1 Å². The van der Waals surface area contributed by atoms with Crippen molar-refractivity contribution in [2.75, 3.05) is 6.54 Å². The minimum absolute atomic E-state index is 0.00953. The predicted octanol–water partition coefficient (Wildman–Crippen LogP) is 4.64. The van der Waals surface area contributed by atoms with Gasteiger partial charge in [0.15, 0.2) is 0 Å². The van der Waals surface area contributed by atoms with E-state index in [0.717, 1.165) is 4.31 Å². The van der Waals surface area contributed by atoms with Crippen LogP contribution < -0.4 is 5.32 Å². The van der Waals surface area contributed by atoms with Crippen LogP contribution in [0.25, 0.3) is 0 Å². The van der Waals surface area contributed by atoms with E-state index in [4.69, 9.17) is 23.2 Å². The molecule has 0 bridgehead atoms. The lowest BCUT2D eigenvalue weighted by molar-refractivity contribution is -0.121. The van der Waals surface area contributed by atoms with Crippen molar-refractivity contribution in [3.63, 3.8) is 0 Å². The first-order chi connectivity index (χ1) is 14.8. The topological polar surface area (TPSA) is 66.5 Å². The maximum Gasteiger partial charge on any atom is 0.243 e. The zero-order valence-electron chi connectivity index (χ0n) is 16.3. The highest BCUT2D eigenvalue weighted by Crippen LogP contribution is 2.23. The number of rotatable bonds is 8. The number of hydrogen-bond acceptors (Lipinski definition) is 3. The Labute approximate surface area is 190 Å². The van der Waals surface area contributed by atoms with Crippen LogP contribution in [0.3, 0.4) is 0 Å². The van der Waals surface area contributed by atoms with Crippen molar-refractivity contribution in [2.24, 2.45) is 0 Å². The van der Waals surface area contributed by atoms with Gasteiger partial charge in [0.25, 0.3) is 0 Å². The van der Waals surface area contributed by atoms with Crippen LogP contribution in [0.15, 0.2) is 77.7 Å². The molecule has 0 saturated heterocycles. The highest BCUT2D eigenvalue weighted by molar-refractivity contribution is 7.89. The quantitative estimate of drug-likeness (QED) is 0.510. The standard InChI is InChI=1S/C22H19Cl2FN2O3S/c23-18-7-11-20(12-8-18)31(29,30)27(14-17-3-1-2-4-21(17)24)15-22(28)26-13-16-5-9-19(25)10-6-16/h1-12H,13-15H2,(H,26,28). The van der Waals surface area contributed by atoms with Crippen molar-refractivity contribution in [3.05, 3.63) is 99.8 Å². The number of amides is 1. The number of hydrogen-bond donors (Lipinski definition) is 1. The van der Waals surface area contributed by atoms with Crippen LogP contribution in [-0.2, 0) is 27.9 Å². The minimum Gasteiger partial charge on any atom is -0.351 e. The largest absolute Gasteiger partial charge is 0.351 e. The highest BCUT2D eigenvalue weighted by Gasteiger charge is 2.27. The zero-order valence-corrected chi connectivity index (χ0v) is 18.6. The maximum atomic E-state index is 13.2. The summed E-state index contributed by atoms with van der Waals surface area (Å²) in [4.78, 5) is 12.6. The van der Waals surface area contributed by atoms with E-state index in [9.17, 15) is 17.6 Å². The summed E-state index contributed by atoms with van der Waals surface area (Å²) in [5.41, 5.74) is 1.25. The molecular weight excluding hydrogens is 462 g/mol. The van der Waals surface area contributed by atoms with Gasteiger partial charge in [0.1, 0.15) is 5.82 Å². The molecule has 0 atom stereocenters. The number of carbonyl (C=O) groups is 1. The highest BCUT2D eigenvalue weighted by atomic mass is 35.5. The summed E-state index contributed by atoms with van der Waals surface area (Å²) in [7, 11) is -4.01. The number of nitrogens with one attached hydrogen (secondary N) is 1. The average molecular weight is 481 g/mol. The molecule has 0 heterocycles. The van der Waals surface area contributed by atoms with E-state index in [-0.39, 0.29) is 23.8 Å². The first-order valence-corrected chi connectivity index (χ1v) is 11.5. The smallest absolute Gasteiger partial charge is 0.243 e. The van der Waals surface area contributed by atoms with E-state index in [1.54, 1.807) is 36.4 Å². The van der Waals surface area contributed by atoms with Gasteiger partial charge in [-0.15, -0.1) is 0 Å². The molecule has 0 saturated carbocycles.